The molecule has 10 heteroatoms. The van der Waals surface area contributed by atoms with E-state index >= 15 is 0 Å². The molecule has 1 atom stereocenters. The number of aromatic nitrogens is 1. The predicted octanol–water partition coefficient (Wildman–Crippen LogP) is 3.07. The molecular formula is C27H19N5O5. The lowest BCUT2D eigenvalue weighted by Crippen LogP contribution is -2.52. The number of carbonyl (C=O) groups is 3. The number of nitrogens with one attached hydrogen (secondary N) is 2. The maximum Gasteiger partial charge on any atom is 0.322 e. The molecule has 2 aliphatic rings. The molecule has 0 spiro atoms. The third-order valence-corrected chi connectivity index (χ3v) is 6.68. The number of nitriles is 1. The summed E-state index contributed by atoms with van der Waals surface area (Å²) >= 11 is 0. The molecule has 1 unspecified atom stereocenters. The molecule has 4 heterocycles. The van der Waals surface area contributed by atoms with Gasteiger partial charge in [0.05, 0.1) is 37.2 Å². The van der Waals surface area contributed by atoms with Crippen molar-refractivity contribution in [2.45, 2.75) is 12.1 Å². The largest absolute Gasteiger partial charge is 0.497 e. The standard InChI is InChI=1S/C27H19N5O5/c1-36-19-6-5-17-13-32(24(33)20(17)10-19)14-27(25(34)30-26(35)31-27)23-9-18-8-21(29-12-22(18)37-23)16-4-2-3-15(7-16)11-28/h2-10,12H,13-14H2,1H3,(H2,30,31,34,35). The lowest BCUT2D eigenvalue weighted by Gasteiger charge is -2.29. The van der Waals surface area contributed by atoms with Crippen molar-refractivity contribution in [2.24, 2.45) is 0 Å². The van der Waals surface area contributed by atoms with E-state index in [0.717, 1.165) is 11.1 Å². The zero-order valence-corrected chi connectivity index (χ0v) is 19.6. The van der Waals surface area contributed by atoms with Crippen molar-refractivity contribution in [3.8, 4) is 23.1 Å². The van der Waals surface area contributed by atoms with Crippen molar-refractivity contribution >= 4 is 28.8 Å². The summed E-state index contributed by atoms with van der Waals surface area (Å²) < 4.78 is 11.3. The summed E-state index contributed by atoms with van der Waals surface area (Å²) in [5.74, 6) is -0.166. The fourth-order valence-electron chi connectivity index (χ4n) is 4.80. The average molecular weight is 493 g/mol. The van der Waals surface area contributed by atoms with Crippen molar-refractivity contribution in [2.75, 3.05) is 13.7 Å². The molecule has 10 nitrogen and oxygen atoms in total. The molecule has 2 aromatic heterocycles. The number of pyridine rings is 1. The first-order valence-corrected chi connectivity index (χ1v) is 11.4. The van der Waals surface area contributed by atoms with Gasteiger partial charge in [-0.2, -0.15) is 5.26 Å². The Morgan fingerprint density at radius 2 is 2.03 bits per heavy atom. The predicted molar refractivity (Wildman–Crippen MR) is 130 cm³/mol. The molecule has 37 heavy (non-hydrogen) atoms. The van der Waals surface area contributed by atoms with E-state index in [9.17, 15) is 19.6 Å². The molecule has 0 bridgehead atoms. The number of benzene rings is 2. The van der Waals surface area contributed by atoms with Crippen molar-refractivity contribution in [1.29, 1.82) is 5.26 Å². The van der Waals surface area contributed by atoms with Crippen LogP contribution in [0.25, 0.3) is 22.2 Å². The maximum absolute atomic E-state index is 13.2. The van der Waals surface area contributed by atoms with Gasteiger partial charge in [-0.1, -0.05) is 18.2 Å². The second-order valence-corrected chi connectivity index (χ2v) is 8.91. The number of carbonyl (C=O) groups excluding carboxylic acids is 3. The van der Waals surface area contributed by atoms with Crippen LogP contribution in [-0.2, 0) is 16.9 Å². The van der Waals surface area contributed by atoms with Crippen molar-refractivity contribution < 1.29 is 23.5 Å². The van der Waals surface area contributed by atoms with Gasteiger partial charge in [0.25, 0.3) is 11.8 Å². The number of nitrogens with zero attached hydrogens (tertiary/aromatic N) is 3. The number of ether oxygens (including phenoxy) is 1. The first-order valence-electron chi connectivity index (χ1n) is 11.4. The Balaban J connectivity index is 1.38. The van der Waals surface area contributed by atoms with E-state index in [-0.39, 0.29) is 24.8 Å². The molecular weight excluding hydrogens is 474 g/mol. The molecule has 0 radical (unpaired) electrons. The maximum atomic E-state index is 13.2. The molecule has 0 aliphatic carbocycles. The summed E-state index contributed by atoms with van der Waals surface area (Å²) in [6, 6.07) is 17.2. The van der Waals surface area contributed by atoms with Gasteiger partial charge >= 0.3 is 6.03 Å². The highest BCUT2D eigenvalue weighted by atomic mass is 16.5. The monoisotopic (exact) mass is 493 g/mol. The zero-order valence-electron chi connectivity index (χ0n) is 19.6. The Labute approximate surface area is 210 Å². The highest BCUT2D eigenvalue weighted by Crippen LogP contribution is 2.35. The second kappa shape index (κ2) is 8.20. The van der Waals surface area contributed by atoms with Crippen LogP contribution in [0.2, 0.25) is 0 Å². The number of urea groups is 1. The molecule has 2 N–H and O–H groups in total. The van der Waals surface area contributed by atoms with Crippen molar-refractivity contribution in [3.05, 3.63) is 83.2 Å². The van der Waals surface area contributed by atoms with E-state index in [1.54, 1.807) is 42.5 Å². The van der Waals surface area contributed by atoms with Crippen LogP contribution in [0, 0.1) is 11.3 Å². The lowest BCUT2D eigenvalue weighted by atomic mass is 9.95. The Kier molecular flexibility index (Phi) is 4.94. The fraction of sp³-hybridized carbons (Fsp3) is 0.148. The highest BCUT2D eigenvalue weighted by molar-refractivity contribution is 6.08. The van der Waals surface area contributed by atoms with Crippen LogP contribution in [0.15, 0.2) is 65.2 Å². The van der Waals surface area contributed by atoms with E-state index in [0.29, 0.717) is 33.5 Å². The lowest BCUT2D eigenvalue weighted by molar-refractivity contribution is -0.125. The third-order valence-electron chi connectivity index (χ3n) is 6.68. The molecule has 182 valence electrons. The summed E-state index contributed by atoms with van der Waals surface area (Å²) in [7, 11) is 1.52. The number of fused-ring (bicyclic) bond motifs is 2. The Morgan fingerprint density at radius 3 is 2.78 bits per heavy atom. The van der Waals surface area contributed by atoms with E-state index < -0.39 is 17.5 Å². The summed E-state index contributed by atoms with van der Waals surface area (Å²) in [6.07, 6.45) is 1.53. The first kappa shape index (κ1) is 22.3. The number of imide groups is 1. The fourth-order valence-corrected chi connectivity index (χ4v) is 4.80. The molecule has 6 rings (SSSR count). The number of amides is 4. The van der Waals surface area contributed by atoms with Crippen molar-refractivity contribution in [1.82, 2.24) is 20.5 Å². The Hall–Kier alpha value is -5.17. The van der Waals surface area contributed by atoms with E-state index in [4.69, 9.17) is 9.15 Å². The van der Waals surface area contributed by atoms with Crippen LogP contribution in [0.1, 0.15) is 27.2 Å². The summed E-state index contributed by atoms with van der Waals surface area (Å²) in [5, 5.41) is 14.8. The van der Waals surface area contributed by atoms with E-state index in [1.165, 1.54) is 18.2 Å². The second-order valence-electron chi connectivity index (χ2n) is 8.91. The normalized spacial score (nSPS) is 18.5. The van der Waals surface area contributed by atoms with Crippen LogP contribution < -0.4 is 15.4 Å². The molecule has 4 aromatic rings. The zero-order chi connectivity index (χ0) is 25.7. The van der Waals surface area contributed by atoms with Crippen LogP contribution in [0.5, 0.6) is 5.75 Å². The molecule has 2 aromatic carbocycles. The van der Waals surface area contributed by atoms with Gasteiger partial charge in [-0.3, -0.25) is 19.9 Å². The van der Waals surface area contributed by atoms with Crippen LogP contribution in [0.4, 0.5) is 4.79 Å². The summed E-state index contributed by atoms with van der Waals surface area (Å²) in [4.78, 5) is 44.6. The molecule has 2 aliphatic heterocycles. The summed E-state index contributed by atoms with van der Waals surface area (Å²) in [5.41, 5.74) is 1.93. The molecule has 1 fully saturated rings. The Morgan fingerprint density at radius 1 is 1.16 bits per heavy atom. The smallest absolute Gasteiger partial charge is 0.322 e. The number of furan rings is 1. The third kappa shape index (κ3) is 3.56. The van der Waals surface area contributed by atoms with Crippen LogP contribution in [0.3, 0.4) is 0 Å². The minimum Gasteiger partial charge on any atom is -0.497 e. The summed E-state index contributed by atoms with van der Waals surface area (Å²) in [6.45, 7) is 0.134. The minimum atomic E-state index is -1.63. The van der Waals surface area contributed by atoms with Gasteiger partial charge in [-0.25, -0.2) is 4.79 Å². The van der Waals surface area contributed by atoms with Gasteiger partial charge in [-0.05, 0) is 42.0 Å². The average Bonchev–Trinajstić information content (AvgIpc) is 3.57. The first-order chi connectivity index (χ1) is 17.9. The topological polar surface area (TPSA) is 138 Å². The van der Waals surface area contributed by atoms with E-state index in [1.807, 2.05) is 12.1 Å². The van der Waals surface area contributed by atoms with Gasteiger partial charge in [0.2, 0.25) is 0 Å². The molecule has 1 saturated heterocycles. The number of rotatable bonds is 5. The number of hydrogen-bond donors (Lipinski definition) is 2. The Bertz CT molecular complexity index is 1670. The van der Waals surface area contributed by atoms with Crippen LogP contribution >= 0.6 is 0 Å². The van der Waals surface area contributed by atoms with Gasteiger partial charge in [-0.15, -0.1) is 0 Å². The van der Waals surface area contributed by atoms with Crippen LogP contribution in [-0.4, -0.2) is 41.4 Å². The van der Waals surface area contributed by atoms with Gasteiger partial charge < -0.3 is 19.4 Å². The van der Waals surface area contributed by atoms with Gasteiger partial charge in [0.1, 0.15) is 11.5 Å². The van der Waals surface area contributed by atoms with Gasteiger partial charge in [0, 0.05) is 23.1 Å². The van der Waals surface area contributed by atoms with Gasteiger partial charge in [0.15, 0.2) is 11.1 Å². The quantitative estimate of drug-likeness (QED) is 0.408. The SMILES string of the molecule is COc1ccc2c(c1)C(=O)N(CC1(c3cc4cc(-c5cccc(C#N)c5)ncc4o3)NC(=O)NC1=O)C2. The molecule has 4 amide bonds. The highest BCUT2D eigenvalue weighted by Gasteiger charge is 2.53. The minimum absolute atomic E-state index is 0.134. The van der Waals surface area contributed by atoms with Crippen molar-refractivity contribution in [3.63, 3.8) is 0 Å². The molecule has 0 saturated carbocycles. The van der Waals surface area contributed by atoms with E-state index in [2.05, 4.69) is 21.7 Å². The number of methoxy groups -OCH3 is 1. The number of hydrogen-bond acceptors (Lipinski definition) is 7.